The predicted molar refractivity (Wildman–Crippen MR) is 83.8 cm³/mol. The van der Waals surface area contributed by atoms with Crippen molar-refractivity contribution in [2.75, 3.05) is 13.2 Å². The van der Waals surface area contributed by atoms with Crippen LogP contribution in [0.2, 0.25) is 18.1 Å². The maximum atomic E-state index is 11.4. The Labute approximate surface area is 129 Å². The first-order chi connectivity index (χ1) is 9.38. The summed E-state index contributed by atoms with van der Waals surface area (Å²) < 4.78 is 17.6. The van der Waals surface area contributed by atoms with Gasteiger partial charge in [-0.25, -0.2) is 0 Å². The van der Waals surface area contributed by atoms with E-state index in [0.717, 1.165) is 0 Å². The van der Waals surface area contributed by atoms with Gasteiger partial charge in [-0.1, -0.05) is 20.8 Å². The van der Waals surface area contributed by atoms with Gasteiger partial charge in [0.25, 0.3) is 0 Å². The van der Waals surface area contributed by atoms with Crippen molar-refractivity contribution in [3.8, 4) is 0 Å². The average molecular weight is 318 g/mol. The Hall–Kier alpha value is -0.433. The van der Waals surface area contributed by atoms with Crippen LogP contribution in [0.3, 0.4) is 0 Å². The Kier molecular flexibility index (Phi) is 5.64. The Bertz CT molecular complexity index is 369. The summed E-state index contributed by atoms with van der Waals surface area (Å²) in [6, 6.07) is 0. The zero-order chi connectivity index (χ0) is 16.5. The van der Waals surface area contributed by atoms with E-state index in [1.165, 1.54) is 0 Å². The highest BCUT2D eigenvalue weighted by atomic mass is 28.4. The summed E-state index contributed by atoms with van der Waals surface area (Å²) in [6.45, 7) is 15.3. The molecule has 1 aliphatic heterocycles. The molecule has 1 rings (SSSR count). The number of hydrogen-bond acceptors (Lipinski definition) is 4. The topological polar surface area (TPSA) is 65.0 Å². The Morgan fingerprint density at radius 1 is 1.33 bits per heavy atom. The smallest absolute Gasteiger partial charge is 0.308 e. The third-order valence-electron chi connectivity index (χ3n) is 4.67. The first-order valence-electron chi connectivity index (χ1n) is 7.56. The molecule has 1 saturated heterocycles. The van der Waals surface area contributed by atoms with Crippen LogP contribution in [0.15, 0.2) is 0 Å². The molecule has 124 valence electrons. The Balaban J connectivity index is 2.90. The maximum Gasteiger partial charge on any atom is 0.308 e. The third-order valence-corrected chi connectivity index (χ3v) is 9.17. The minimum atomic E-state index is -2.06. The summed E-state index contributed by atoms with van der Waals surface area (Å²) >= 11 is 0. The van der Waals surface area contributed by atoms with Crippen molar-refractivity contribution >= 4 is 14.3 Å². The summed E-state index contributed by atoms with van der Waals surface area (Å²) in [5.41, 5.74) is 0. The van der Waals surface area contributed by atoms with Gasteiger partial charge < -0.3 is 19.0 Å². The largest absolute Gasteiger partial charge is 0.481 e. The molecule has 0 spiro atoms. The highest BCUT2D eigenvalue weighted by Crippen LogP contribution is 2.40. The molecule has 5 nitrogen and oxygen atoms in total. The van der Waals surface area contributed by atoms with E-state index in [1.807, 2.05) is 6.92 Å². The van der Waals surface area contributed by atoms with Gasteiger partial charge in [0.1, 0.15) is 0 Å². The predicted octanol–water partition coefficient (Wildman–Crippen LogP) is 3.25. The lowest BCUT2D eigenvalue weighted by molar-refractivity contribution is -0.170. The van der Waals surface area contributed by atoms with Gasteiger partial charge in [-0.3, -0.25) is 4.79 Å². The molecule has 1 heterocycles. The highest BCUT2D eigenvalue weighted by molar-refractivity contribution is 6.74. The number of ether oxygens (including phenoxy) is 2. The first-order valence-corrected chi connectivity index (χ1v) is 10.5. The second kappa shape index (κ2) is 6.36. The maximum absolute atomic E-state index is 11.4. The van der Waals surface area contributed by atoms with Crippen LogP contribution >= 0.6 is 0 Å². The van der Waals surface area contributed by atoms with Crippen molar-refractivity contribution in [2.45, 2.75) is 71.1 Å². The van der Waals surface area contributed by atoms with E-state index in [-0.39, 0.29) is 5.04 Å². The Morgan fingerprint density at radius 2 is 1.81 bits per heavy atom. The number of hydrogen-bond donors (Lipinski definition) is 1. The molecule has 1 fully saturated rings. The normalized spacial score (nSPS) is 22.0. The summed E-state index contributed by atoms with van der Waals surface area (Å²) in [5, 5.41) is 9.39. The van der Waals surface area contributed by atoms with E-state index in [4.69, 9.17) is 13.9 Å². The SMILES string of the molecule is CC(C(=O)O)[C@@H](CC1(C)OCCO1)O[Si](C)(C)C(C)(C)C. The van der Waals surface area contributed by atoms with Crippen LogP contribution < -0.4 is 0 Å². The monoisotopic (exact) mass is 318 g/mol. The minimum absolute atomic E-state index is 0.0295. The molecule has 0 saturated carbocycles. The molecule has 0 amide bonds. The number of carboxylic acid groups (broad SMARTS) is 1. The quantitative estimate of drug-likeness (QED) is 0.762. The molecular formula is C15H30O5Si. The van der Waals surface area contributed by atoms with E-state index < -0.39 is 32.1 Å². The van der Waals surface area contributed by atoms with Crippen LogP contribution in [0.5, 0.6) is 0 Å². The Morgan fingerprint density at radius 3 is 2.19 bits per heavy atom. The zero-order valence-electron chi connectivity index (χ0n) is 14.4. The van der Waals surface area contributed by atoms with E-state index in [1.54, 1.807) is 6.92 Å². The minimum Gasteiger partial charge on any atom is -0.481 e. The van der Waals surface area contributed by atoms with E-state index >= 15 is 0 Å². The van der Waals surface area contributed by atoms with Gasteiger partial charge in [-0.05, 0) is 32.0 Å². The molecule has 1 unspecified atom stereocenters. The number of carbonyl (C=O) groups is 1. The van der Waals surface area contributed by atoms with Crippen LogP contribution in [0, 0.1) is 5.92 Å². The lowest BCUT2D eigenvalue weighted by atomic mass is 9.98. The summed E-state index contributed by atoms with van der Waals surface area (Å²) in [7, 11) is -2.06. The van der Waals surface area contributed by atoms with Gasteiger partial charge in [0.2, 0.25) is 0 Å². The highest BCUT2D eigenvalue weighted by Gasteiger charge is 2.44. The van der Waals surface area contributed by atoms with Crippen LogP contribution in [-0.2, 0) is 18.7 Å². The van der Waals surface area contributed by atoms with Crippen molar-refractivity contribution in [1.29, 1.82) is 0 Å². The van der Waals surface area contributed by atoms with E-state index in [0.29, 0.717) is 19.6 Å². The van der Waals surface area contributed by atoms with E-state index in [2.05, 4.69) is 33.9 Å². The first kappa shape index (κ1) is 18.6. The number of carboxylic acids is 1. The van der Waals surface area contributed by atoms with Crippen molar-refractivity contribution in [2.24, 2.45) is 5.92 Å². The van der Waals surface area contributed by atoms with Gasteiger partial charge in [0.05, 0.1) is 25.2 Å². The van der Waals surface area contributed by atoms with Crippen LogP contribution in [0.1, 0.15) is 41.0 Å². The van der Waals surface area contributed by atoms with Crippen molar-refractivity contribution < 1.29 is 23.8 Å². The molecule has 2 atom stereocenters. The molecule has 6 heteroatoms. The fourth-order valence-corrected chi connectivity index (χ4v) is 3.47. The average Bonchev–Trinajstić information content (AvgIpc) is 2.72. The molecule has 0 radical (unpaired) electrons. The molecule has 0 aromatic heterocycles. The van der Waals surface area contributed by atoms with Gasteiger partial charge in [-0.2, -0.15) is 0 Å². The molecule has 0 aromatic carbocycles. The van der Waals surface area contributed by atoms with Crippen LogP contribution in [-0.4, -0.2) is 44.5 Å². The summed E-state index contributed by atoms with van der Waals surface area (Å²) in [4.78, 5) is 11.4. The zero-order valence-corrected chi connectivity index (χ0v) is 15.4. The van der Waals surface area contributed by atoms with E-state index in [9.17, 15) is 9.90 Å². The molecule has 1 aliphatic rings. The molecule has 0 aliphatic carbocycles. The lowest BCUT2D eigenvalue weighted by Gasteiger charge is -2.41. The fourth-order valence-electron chi connectivity index (χ4n) is 2.07. The fraction of sp³-hybridized carbons (Fsp3) is 0.933. The second-order valence-electron chi connectivity index (χ2n) is 7.58. The van der Waals surface area contributed by atoms with Gasteiger partial charge in [0.15, 0.2) is 14.1 Å². The molecule has 1 N–H and O–H groups in total. The lowest BCUT2D eigenvalue weighted by Crippen LogP contribution is -2.49. The van der Waals surface area contributed by atoms with Gasteiger partial charge in [-0.15, -0.1) is 0 Å². The van der Waals surface area contributed by atoms with Gasteiger partial charge in [0, 0.05) is 6.42 Å². The van der Waals surface area contributed by atoms with Gasteiger partial charge >= 0.3 is 5.97 Å². The molecule has 0 bridgehead atoms. The summed E-state index contributed by atoms with van der Waals surface area (Å²) in [6.07, 6.45) is 0.0268. The van der Waals surface area contributed by atoms with Crippen LogP contribution in [0.4, 0.5) is 0 Å². The number of aliphatic carboxylic acids is 1. The third kappa shape index (κ3) is 4.77. The standard InChI is InChI=1S/C15H30O5Si/c1-11(13(16)17)12(10-15(5)18-8-9-19-15)20-21(6,7)14(2,3)4/h11-12H,8-10H2,1-7H3,(H,16,17)/t11?,12-/m1/s1. The number of rotatable bonds is 6. The molecule has 0 aromatic rings. The van der Waals surface area contributed by atoms with Crippen molar-refractivity contribution in [1.82, 2.24) is 0 Å². The molecule has 21 heavy (non-hydrogen) atoms. The summed E-state index contributed by atoms with van der Waals surface area (Å²) in [5.74, 6) is -2.18. The van der Waals surface area contributed by atoms with Crippen molar-refractivity contribution in [3.63, 3.8) is 0 Å². The van der Waals surface area contributed by atoms with Crippen molar-refractivity contribution in [3.05, 3.63) is 0 Å². The molecular weight excluding hydrogens is 288 g/mol. The van der Waals surface area contributed by atoms with Crippen LogP contribution in [0.25, 0.3) is 0 Å². The second-order valence-corrected chi connectivity index (χ2v) is 12.3.